The first-order valence-corrected chi connectivity index (χ1v) is 4.86. The molecule has 0 radical (unpaired) electrons. The van der Waals surface area contributed by atoms with Crippen molar-refractivity contribution in [3.8, 4) is 0 Å². The number of carbonyl (C=O) groups is 1. The Balaban J connectivity index is 0. The summed E-state index contributed by atoms with van der Waals surface area (Å²) < 4.78 is 4.40. The molecule has 74 valence electrons. The van der Waals surface area contributed by atoms with Gasteiger partial charge in [-0.15, -0.1) is 46.4 Å². The van der Waals surface area contributed by atoms with E-state index in [2.05, 4.69) is 4.74 Å². The van der Waals surface area contributed by atoms with Gasteiger partial charge >= 0.3 is 5.97 Å². The number of hydrogen-bond acceptors (Lipinski definition) is 2. The normalized spacial score (nSPS) is 9.33. The molecule has 0 aromatic carbocycles. The lowest BCUT2D eigenvalue weighted by atomic mass is 10.8. The summed E-state index contributed by atoms with van der Waals surface area (Å²) in [5.74, 6) is -0.211. The highest BCUT2D eigenvalue weighted by atomic mass is 35.5. The Hall–Kier alpha value is 0.630. The topological polar surface area (TPSA) is 26.3 Å². The average Bonchev–Trinajstić information content (AvgIpc) is 1.87. The quantitative estimate of drug-likeness (QED) is 0.560. The highest BCUT2D eigenvalue weighted by molar-refractivity contribution is 6.56. The first kappa shape index (κ1) is 15.1. The maximum atomic E-state index is 9.82. The third kappa shape index (κ3) is 16.9. The van der Waals surface area contributed by atoms with Gasteiger partial charge in [-0.1, -0.05) is 0 Å². The van der Waals surface area contributed by atoms with Crippen molar-refractivity contribution in [3.63, 3.8) is 0 Å². The van der Waals surface area contributed by atoms with Gasteiger partial charge in [-0.05, 0) is 6.92 Å². The Morgan fingerprint density at radius 2 is 1.58 bits per heavy atom. The molecule has 0 rings (SSSR count). The number of halogens is 4. The van der Waals surface area contributed by atoms with Gasteiger partial charge in [-0.3, -0.25) is 4.79 Å². The molecule has 0 atom stereocenters. The SMILES string of the molecule is CCOC(C)=O.ClC(Cl)C(Cl)Cl. The predicted octanol–water partition coefficient (Wildman–Crippen LogP) is 3.16. The molecule has 0 aromatic heterocycles. The summed E-state index contributed by atoms with van der Waals surface area (Å²) in [5.41, 5.74) is 0. The van der Waals surface area contributed by atoms with Gasteiger partial charge < -0.3 is 4.74 Å². The van der Waals surface area contributed by atoms with Gasteiger partial charge in [0.25, 0.3) is 0 Å². The second-order valence-corrected chi connectivity index (χ2v) is 3.92. The van der Waals surface area contributed by atoms with Crippen molar-refractivity contribution in [2.24, 2.45) is 0 Å². The van der Waals surface area contributed by atoms with Gasteiger partial charge in [-0.25, -0.2) is 0 Å². The molecule has 0 spiro atoms. The van der Waals surface area contributed by atoms with Crippen LogP contribution in [0.3, 0.4) is 0 Å². The molecule has 0 unspecified atom stereocenters. The first-order valence-electron chi connectivity index (χ1n) is 3.11. The van der Waals surface area contributed by atoms with Crippen LogP contribution >= 0.6 is 46.4 Å². The fraction of sp³-hybridized carbons (Fsp3) is 0.833. The van der Waals surface area contributed by atoms with E-state index >= 15 is 0 Å². The molecule has 12 heavy (non-hydrogen) atoms. The Morgan fingerprint density at radius 3 is 1.58 bits per heavy atom. The molecule has 0 aliphatic rings. The van der Waals surface area contributed by atoms with Gasteiger partial charge in [0.15, 0.2) is 0 Å². The van der Waals surface area contributed by atoms with E-state index in [0.717, 1.165) is 0 Å². The largest absolute Gasteiger partial charge is 0.466 e. The van der Waals surface area contributed by atoms with Crippen LogP contribution in [0.5, 0.6) is 0 Å². The van der Waals surface area contributed by atoms with Gasteiger partial charge in [0.2, 0.25) is 0 Å². The molecule has 0 aliphatic heterocycles. The molecular formula is C6H10Cl4O2. The minimum absolute atomic E-state index is 0.211. The summed E-state index contributed by atoms with van der Waals surface area (Å²) in [6.45, 7) is 3.65. The molecule has 0 fully saturated rings. The summed E-state index contributed by atoms with van der Waals surface area (Å²) in [7, 11) is 0. The molecular weight excluding hydrogens is 246 g/mol. The van der Waals surface area contributed by atoms with E-state index < -0.39 is 9.67 Å². The van der Waals surface area contributed by atoms with Crippen molar-refractivity contribution >= 4 is 52.4 Å². The van der Waals surface area contributed by atoms with Crippen molar-refractivity contribution < 1.29 is 9.53 Å². The third-order valence-electron chi connectivity index (χ3n) is 0.538. The van der Waals surface area contributed by atoms with Crippen LogP contribution in [0, 0.1) is 0 Å². The Labute approximate surface area is 92.1 Å². The summed E-state index contributed by atoms with van der Waals surface area (Å²) in [6, 6.07) is 0. The molecule has 0 saturated carbocycles. The van der Waals surface area contributed by atoms with E-state index in [1.54, 1.807) is 6.92 Å². The lowest BCUT2D eigenvalue weighted by Crippen LogP contribution is -1.96. The highest BCUT2D eigenvalue weighted by Crippen LogP contribution is 2.16. The average molecular weight is 256 g/mol. The van der Waals surface area contributed by atoms with E-state index in [4.69, 9.17) is 46.4 Å². The van der Waals surface area contributed by atoms with Crippen molar-refractivity contribution in [1.82, 2.24) is 0 Å². The molecule has 0 aromatic rings. The standard InChI is InChI=1S/C4H8O2.C2H2Cl4/c1-3-6-4(2)5;3-1(4)2(5)6/h3H2,1-2H3;1-2H. The van der Waals surface area contributed by atoms with Crippen molar-refractivity contribution in [3.05, 3.63) is 0 Å². The molecule has 0 N–H and O–H groups in total. The fourth-order valence-corrected chi connectivity index (χ4v) is 0.203. The minimum Gasteiger partial charge on any atom is -0.466 e. The molecule has 0 aliphatic carbocycles. The van der Waals surface area contributed by atoms with Crippen LogP contribution in [-0.4, -0.2) is 22.2 Å². The van der Waals surface area contributed by atoms with Crippen LogP contribution < -0.4 is 0 Å². The zero-order chi connectivity index (χ0) is 10.1. The van der Waals surface area contributed by atoms with Crippen LogP contribution in [0.2, 0.25) is 0 Å². The van der Waals surface area contributed by atoms with E-state index in [0.29, 0.717) is 6.61 Å². The summed E-state index contributed by atoms with van der Waals surface area (Å²) in [4.78, 5) is 8.48. The minimum atomic E-state index is -0.673. The summed E-state index contributed by atoms with van der Waals surface area (Å²) in [6.07, 6.45) is 0. The van der Waals surface area contributed by atoms with Gasteiger partial charge in [0.1, 0.15) is 9.67 Å². The Bertz CT molecular complexity index is 110. The molecule has 0 amide bonds. The number of esters is 1. The van der Waals surface area contributed by atoms with Crippen molar-refractivity contribution in [2.45, 2.75) is 23.5 Å². The number of rotatable bonds is 2. The monoisotopic (exact) mass is 254 g/mol. The Kier molecular flexibility index (Phi) is 12.2. The second-order valence-electron chi connectivity index (χ2n) is 1.59. The lowest BCUT2D eigenvalue weighted by molar-refractivity contribution is -0.140. The highest BCUT2D eigenvalue weighted by Gasteiger charge is 2.06. The van der Waals surface area contributed by atoms with Gasteiger partial charge in [0.05, 0.1) is 6.61 Å². The maximum Gasteiger partial charge on any atom is 0.302 e. The number of ether oxygens (including phenoxy) is 1. The van der Waals surface area contributed by atoms with Crippen LogP contribution in [0.25, 0.3) is 0 Å². The maximum absolute atomic E-state index is 9.82. The third-order valence-corrected chi connectivity index (χ3v) is 2.06. The molecule has 6 heteroatoms. The molecule has 2 nitrogen and oxygen atoms in total. The zero-order valence-electron chi connectivity index (χ0n) is 6.69. The van der Waals surface area contributed by atoms with Gasteiger partial charge in [-0.2, -0.15) is 0 Å². The first-order chi connectivity index (χ1) is 5.41. The smallest absolute Gasteiger partial charge is 0.302 e. The van der Waals surface area contributed by atoms with Crippen LogP contribution in [-0.2, 0) is 9.53 Å². The second kappa shape index (κ2) is 9.72. The zero-order valence-corrected chi connectivity index (χ0v) is 9.71. The number of hydrogen-bond donors (Lipinski definition) is 0. The van der Waals surface area contributed by atoms with Crippen LogP contribution in [0.1, 0.15) is 13.8 Å². The molecule has 0 bridgehead atoms. The van der Waals surface area contributed by atoms with Crippen LogP contribution in [0.15, 0.2) is 0 Å². The summed E-state index contributed by atoms with van der Waals surface area (Å²) in [5, 5.41) is 0. The van der Waals surface area contributed by atoms with Crippen molar-refractivity contribution in [1.29, 1.82) is 0 Å². The van der Waals surface area contributed by atoms with Crippen molar-refractivity contribution in [2.75, 3.05) is 6.61 Å². The van der Waals surface area contributed by atoms with Crippen LogP contribution in [0.4, 0.5) is 0 Å². The molecule has 0 saturated heterocycles. The van der Waals surface area contributed by atoms with E-state index in [9.17, 15) is 4.79 Å². The fourth-order valence-electron chi connectivity index (χ4n) is 0.203. The predicted molar refractivity (Wildman–Crippen MR) is 53.3 cm³/mol. The number of carbonyl (C=O) groups excluding carboxylic acids is 1. The van der Waals surface area contributed by atoms with Gasteiger partial charge in [0, 0.05) is 6.92 Å². The number of alkyl halides is 4. The van der Waals surface area contributed by atoms with E-state index in [-0.39, 0.29) is 5.97 Å². The summed E-state index contributed by atoms with van der Waals surface area (Å²) >= 11 is 20.5. The van der Waals surface area contributed by atoms with E-state index in [1.165, 1.54) is 6.92 Å². The lowest BCUT2D eigenvalue weighted by Gasteiger charge is -1.95. The van der Waals surface area contributed by atoms with E-state index in [1.807, 2.05) is 0 Å². The molecule has 0 heterocycles. The Morgan fingerprint density at radius 1 is 1.25 bits per heavy atom.